The number of rotatable bonds is 0. The summed E-state index contributed by atoms with van der Waals surface area (Å²) in [6, 6.07) is 5.24. The predicted molar refractivity (Wildman–Crippen MR) is 95.6 cm³/mol. The summed E-state index contributed by atoms with van der Waals surface area (Å²) in [5, 5.41) is 6.17. The third-order valence-corrected chi connectivity index (χ3v) is 5.99. The fourth-order valence-corrected chi connectivity index (χ4v) is 4.96. The first-order valence-corrected chi connectivity index (χ1v) is 9.15. The Bertz CT molecular complexity index is 831. The Morgan fingerprint density at radius 1 is 1.16 bits per heavy atom. The Morgan fingerprint density at radius 2 is 1.84 bits per heavy atom. The first-order valence-electron chi connectivity index (χ1n) is 8.36. The lowest BCUT2D eigenvalue weighted by Gasteiger charge is -2.34. The van der Waals surface area contributed by atoms with Gasteiger partial charge in [-0.05, 0) is 45.9 Å². The van der Waals surface area contributed by atoms with E-state index < -0.39 is 22.9 Å². The second-order valence-electron chi connectivity index (χ2n) is 8.07. The first kappa shape index (κ1) is 16.7. The van der Waals surface area contributed by atoms with Crippen molar-refractivity contribution in [3.63, 3.8) is 0 Å². The number of anilines is 1. The van der Waals surface area contributed by atoms with Crippen molar-refractivity contribution in [1.82, 2.24) is 10.2 Å². The highest BCUT2D eigenvalue weighted by atomic mass is 79.9. The Kier molecular flexibility index (Phi) is 3.29. The summed E-state index contributed by atoms with van der Waals surface area (Å²) >= 11 is 3.44. The highest BCUT2D eigenvalue weighted by molar-refractivity contribution is 9.10. The second-order valence-corrected chi connectivity index (χ2v) is 8.99. The van der Waals surface area contributed by atoms with Crippen LogP contribution < -0.4 is 10.6 Å². The second kappa shape index (κ2) is 4.92. The van der Waals surface area contributed by atoms with Crippen LogP contribution in [0.1, 0.15) is 33.3 Å². The van der Waals surface area contributed by atoms with Crippen molar-refractivity contribution in [2.24, 2.45) is 11.8 Å². The molecule has 0 unspecified atom stereocenters. The lowest BCUT2D eigenvalue weighted by atomic mass is 9.76. The summed E-state index contributed by atoms with van der Waals surface area (Å²) in [4.78, 5) is 40.6. The average Bonchev–Trinajstić information content (AvgIpc) is 3.04. The number of nitrogens with one attached hydrogen (secondary N) is 2. The number of carbonyl (C=O) groups is 3. The standard InChI is InChI=1S/C18H20BrN3O3/c1-8-12-13(15(24)22(14(12)23)17(2,3)4)18(21-8)10-7-9(19)5-6-11(10)20-16(18)25/h5-8,12-13,21H,1-4H3,(H,20,25)/t8-,12+,13-,18+/m0/s1. The van der Waals surface area contributed by atoms with Crippen molar-refractivity contribution < 1.29 is 14.4 Å². The van der Waals surface area contributed by atoms with E-state index in [1.54, 1.807) is 0 Å². The van der Waals surface area contributed by atoms with Gasteiger partial charge in [-0.3, -0.25) is 24.6 Å². The van der Waals surface area contributed by atoms with Crippen LogP contribution in [0.3, 0.4) is 0 Å². The fraction of sp³-hybridized carbons (Fsp3) is 0.500. The van der Waals surface area contributed by atoms with Gasteiger partial charge < -0.3 is 5.32 Å². The highest BCUT2D eigenvalue weighted by Crippen LogP contribution is 2.54. The minimum atomic E-state index is -1.20. The molecule has 7 heteroatoms. The van der Waals surface area contributed by atoms with Crippen molar-refractivity contribution in [1.29, 1.82) is 0 Å². The number of halogens is 1. The van der Waals surface area contributed by atoms with Crippen LogP contribution in [0.5, 0.6) is 0 Å². The average molecular weight is 406 g/mol. The third kappa shape index (κ3) is 1.96. The molecule has 0 aromatic heterocycles. The number of benzene rings is 1. The smallest absolute Gasteiger partial charge is 0.250 e. The molecule has 0 radical (unpaired) electrons. The van der Waals surface area contributed by atoms with Gasteiger partial charge in [0.15, 0.2) is 0 Å². The van der Waals surface area contributed by atoms with E-state index in [0.717, 1.165) is 10.0 Å². The minimum Gasteiger partial charge on any atom is -0.324 e. The van der Waals surface area contributed by atoms with Gasteiger partial charge >= 0.3 is 0 Å². The minimum absolute atomic E-state index is 0.198. The number of nitrogens with zero attached hydrogens (tertiary/aromatic N) is 1. The van der Waals surface area contributed by atoms with Gasteiger partial charge in [-0.1, -0.05) is 15.9 Å². The van der Waals surface area contributed by atoms with E-state index in [4.69, 9.17) is 0 Å². The maximum Gasteiger partial charge on any atom is 0.250 e. The van der Waals surface area contributed by atoms with Crippen molar-refractivity contribution in [2.75, 3.05) is 5.32 Å². The van der Waals surface area contributed by atoms with E-state index in [-0.39, 0.29) is 23.8 Å². The molecule has 3 aliphatic rings. The molecule has 4 rings (SSSR count). The maximum absolute atomic E-state index is 13.3. The SMILES string of the molecule is C[C@@H]1N[C@@]2(C(=O)Nc3ccc(Br)cc32)[C@@H]2C(=O)N(C(C)(C)C)C(=O)[C@H]12. The molecule has 0 saturated carbocycles. The van der Waals surface area contributed by atoms with E-state index in [2.05, 4.69) is 26.6 Å². The van der Waals surface area contributed by atoms with Gasteiger partial charge in [0.1, 0.15) is 5.54 Å². The molecular weight excluding hydrogens is 386 g/mol. The lowest BCUT2D eigenvalue weighted by Crippen LogP contribution is -2.55. The summed E-state index contributed by atoms with van der Waals surface area (Å²) in [5.74, 6) is -2.01. The molecule has 0 bridgehead atoms. The van der Waals surface area contributed by atoms with Crippen LogP contribution in [-0.2, 0) is 19.9 Å². The maximum atomic E-state index is 13.3. The number of imide groups is 1. The van der Waals surface area contributed by atoms with E-state index in [1.807, 2.05) is 45.9 Å². The Balaban J connectivity index is 1.92. The number of hydrogen-bond acceptors (Lipinski definition) is 4. The van der Waals surface area contributed by atoms with E-state index in [9.17, 15) is 14.4 Å². The van der Waals surface area contributed by atoms with E-state index >= 15 is 0 Å². The number of carbonyl (C=O) groups excluding carboxylic acids is 3. The predicted octanol–water partition coefficient (Wildman–Crippen LogP) is 1.99. The monoisotopic (exact) mass is 405 g/mol. The molecule has 4 atom stereocenters. The molecule has 2 fully saturated rings. The highest BCUT2D eigenvalue weighted by Gasteiger charge is 2.70. The number of amides is 3. The first-order chi connectivity index (χ1) is 11.6. The number of hydrogen-bond donors (Lipinski definition) is 2. The molecule has 25 heavy (non-hydrogen) atoms. The summed E-state index contributed by atoms with van der Waals surface area (Å²) in [5.41, 5.74) is -0.406. The molecule has 1 spiro atoms. The largest absolute Gasteiger partial charge is 0.324 e. The van der Waals surface area contributed by atoms with E-state index in [0.29, 0.717) is 5.69 Å². The zero-order valence-corrected chi connectivity index (χ0v) is 16.1. The molecule has 1 aromatic carbocycles. The molecule has 3 amide bonds. The van der Waals surface area contributed by atoms with E-state index in [1.165, 1.54) is 4.90 Å². The summed E-state index contributed by atoms with van der Waals surface area (Å²) in [6.07, 6.45) is 0. The molecule has 3 aliphatic heterocycles. The topological polar surface area (TPSA) is 78.5 Å². The van der Waals surface area contributed by atoms with Crippen LogP contribution in [0, 0.1) is 11.8 Å². The summed E-state index contributed by atoms with van der Waals surface area (Å²) in [6.45, 7) is 7.39. The van der Waals surface area contributed by atoms with Crippen LogP contribution in [0.25, 0.3) is 0 Å². The Hall–Kier alpha value is -1.73. The van der Waals surface area contributed by atoms with Gasteiger partial charge in [-0.25, -0.2) is 0 Å². The van der Waals surface area contributed by atoms with Crippen LogP contribution in [0.15, 0.2) is 22.7 Å². The quantitative estimate of drug-likeness (QED) is 0.646. The van der Waals surface area contributed by atoms with Crippen LogP contribution in [0.4, 0.5) is 5.69 Å². The molecule has 0 aliphatic carbocycles. The van der Waals surface area contributed by atoms with Crippen LogP contribution in [0.2, 0.25) is 0 Å². The van der Waals surface area contributed by atoms with Crippen LogP contribution in [-0.4, -0.2) is 34.2 Å². The van der Waals surface area contributed by atoms with Gasteiger partial charge in [0, 0.05) is 27.3 Å². The fourth-order valence-electron chi connectivity index (χ4n) is 4.60. The third-order valence-electron chi connectivity index (χ3n) is 5.50. The van der Waals surface area contributed by atoms with Gasteiger partial charge in [0.05, 0.1) is 11.8 Å². The summed E-state index contributed by atoms with van der Waals surface area (Å²) in [7, 11) is 0. The summed E-state index contributed by atoms with van der Waals surface area (Å²) < 4.78 is 0.824. The van der Waals surface area contributed by atoms with Crippen molar-refractivity contribution in [3.8, 4) is 0 Å². The van der Waals surface area contributed by atoms with Crippen molar-refractivity contribution in [3.05, 3.63) is 28.2 Å². The molecular formula is C18H20BrN3O3. The van der Waals surface area contributed by atoms with Gasteiger partial charge in [-0.15, -0.1) is 0 Å². The Morgan fingerprint density at radius 3 is 2.48 bits per heavy atom. The number of fused-ring (bicyclic) bond motifs is 4. The molecule has 1 aromatic rings. The zero-order chi connectivity index (χ0) is 18.3. The van der Waals surface area contributed by atoms with Gasteiger partial charge in [0.2, 0.25) is 17.7 Å². The van der Waals surface area contributed by atoms with Crippen molar-refractivity contribution in [2.45, 2.75) is 44.8 Å². The lowest BCUT2D eigenvalue weighted by molar-refractivity contribution is -0.147. The van der Waals surface area contributed by atoms with Crippen molar-refractivity contribution >= 4 is 39.3 Å². The molecule has 6 nitrogen and oxygen atoms in total. The molecule has 3 heterocycles. The van der Waals surface area contributed by atoms with Gasteiger partial charge in [0.25, 0.3) is 0 Å². The zero-order valence-electron chi connectivity index (χ0n) is 14.5. The Labute approximate surface area is 154 Å². The molecule has 2 N–H and O–H groups in total. The molecule has 132 valence electrons. The van der Waals surface area contributed by atoms with Gasteiger partial charge in [-0.2, -0.15) is 0 Å². The molecule has 2 saturated heterocycles. The van der Waals surface area contributed by atoms with Crippen LogP contribution >= 0.6 is 15.9 Å². The normalized spacial score (nSPS) is 33.9. The number of likely N-dealkylation sites (tertiary alicyclic amines) is 1.